The molecule has 1 aromatic heterocycles. The number of hydrogen-bond acceptors (Lipinski definition) is 5. The van der Waals surface area contributed by atoms with Crippen LogP contribution in [0.1, 0.15) is 30.9 Å². The molecule has 1 saturated heterocycles. The van der Waals surface area contributed by atoms with E-state index in [1.54, 1.807) is 0 Å². The Morgan fingerprint density at radius 3 is 2.65 bits per heavy atom. The van der Waals surface area contributed by atoms with Gasteiger partial charge in [0.15, 0.2) is 0 Å². The highest BCUT2D eigenvalue weighted by Crippen LogP contribution is 2.21. The van der Waals surface area contributed by atoms with Crippen LogP contribution in [0, 0.1) is 0 Å². The Balaban J connectivity index is 1.59. The molecule has 0 unspecified atom stereocenters. The van der Waals surface area contributed by atoms with Gasteiger partial charge in [0.25, 0.3) is 0 Å². The fraction of sp³-hybridized carbons (Fsp3) is 0.476. The molecule has 1 aromatic carbocycles. The van der Waals surface area contributed by atoms with Crippen LogP contribution in [0.25, 0.3) is 0 Å². The molecule has 1 aliphatic rings. The van der Waals surface area contributed by atoms with Crippen molar-refractivity contribution < 1.29 is 5.11 Å². The largest absolute Gasteiger partial charge is 0.393 e. The summed E-state index contributed by atoms with van der Waals surface area (Å²) in [6.07, 6.45) is 3.57. The van der Waals surface area contributed by atoms with Crippen LogP contribution in [0.5, 0.6) is 0 Å². The maximum absolute atomic E-state index is 9.68. The van der Waals surface area contributed by atoms with Crippen molar-refractivity contribution >= 4 is 11.5 Å². The van der Waals surface area contributed by atoms with Gasteiger partial charge in [0.2, 0.25) is 0 Å². The average molecular weight is 354 g/mol. The third-order valence-electron chi connectivity index (χ3n) is 5.13. The molecule has 1 fully saturated rings. The number of benzene rings is 1. The summed E-state index contributed by atoms with van der Waals surface area (Å²) in [5, 5.41) is 13.2. The van der Waals surface area contributed by atoms with E-state index in [-0.39, 0.29) is 6.10 Å². The molecule has 140 valence electrons. The number of pyridine rings is 1. The second-order valence-electron chi connectivity index (χ2n) is 7.06. The number of anilines is 2. The minimum atomic E-state index is -0.123. The van der Waals surface area contributed by atoms with Crippen LogP contribution in [0.3, 0.4) is 0 Å². The summed E-state index contributed by atoms with van der Waals surface area (Å²) in [6, 6.07) is 12.7. The highest BCUT2D eigenvalue weighted by Gasteiger charge is 2.17. The second-order valence-corrected chi connectivity index (χ2v) is 7.06. The molecule has 2 heterocycles. The van der Waals surface area contributed by atoms with Gasteiger partial charge in [-0.1, -0.05) is 24.3 Å². The minimum absolute atomic E-state index is 0.123. The summed E-state index contributed by atoms with van der Waals surface area (Å²) < 4.78 is 0. The van der Waals surface area contributed by atoms with Gasteiger partial charge in [-0.15, -0.1) is 0 Å². The Labute approximate surface area is 156 Å². The minimum Gasteiger partial charge on any atom is -0.393 e. The molecule has 2 N–H and O–H groups in total. The lowest BCUT2D eigenvalue weighted by atomic mass is 10.1. The number of likely N-dealkylation sites (tertiary alicyclic amines) is 1. The molecule has 0 spiro atoms. The van der Waals surface area contributed by atoms with Crippen molar-refractivity contribution in [1.29, 1.82) is 0 Å². The maximum Gasteiger partial charge on any atom is 0.128 e. The molecule has 1 aliphatic heterocycles. The van der Waals surface area contributed by atoms with Gasteiger partial charge in [-0.25, -0.2) is 4.98 Å². The van der Waals surface area contributed by atoms with Gasteiger partial charge in [-0.2, -0.15) is 0 Å². The Morgan fingerprint density at radius 1 is 1.19 bits per heavy atom. The summed E-state index contributed by atoms with van der Waals surface area (Å²) in [7, 11) is 2.05. The van der Waals surface area contributed by atoms with Gasteiger partial charge in [-0.3, -0.25) is 4.90 Å². The van der Waals surface area contributed by atoms with Crippen LogP contribution in [0.15, 0.2) is 42.6 Å². The van der Waals surface area contributed by atoms with Crippen LogP contribution in [-0.2, 0) is 13.1 Å². The number of piperidine rings is 1. The molecule has 2 aromatic rings. The lowest BCUT2D eigenvalue weighted by Gasteiger charge is -2.30. The van der Waals surface area contributed by atoms with Crippen LogP contribution in [0.2, 0.25) is 0 Å². The van der Waals surface area contributed by atoms with Crippen molar-refractivity contribution in [3.63, 3.8) is 0 Å². The van der Waals surface area contributed by atoms with E-state index in [2.05, 4.69) is 70.5 Å². The van der Waals surface area contributed by atoms with Crippen molar-refractivity contribution in [2.24, 2.45) is 0 Å². The van der Waals surface area contributed by atoms with Crippen molar-refractivity contribution in [2.75, 3.05) is 36.9 Å². The molecule has 0 radical (unpaired) electrons. The molecule has 5 heteroatoms. The van der Waals surface area contributed by atoms with Gasteiger partial charge in [0, 0.05) is 51.7 Å². The fourth-order valence-corrected chi connectivity index (χ4v) is 3.26. The standard InChI is InChI=1S/C21H30N4O/c1-3-24(2)21-9-8-17(15-23-21)14-22-20-7-5-4-6-18(20)16-25-12-10-19(26)11-13-25/h4-9,15,19,22,26H,3,10-14,16H2,1-2H3. The number of nitrogens with one attached hydrogen (secondary N) is 1. The van der Waals surface area contributed by atoms with Gasteiger partial charge >= 0.3 is 0 Å². The third-order valence-corrected chi connectivity index (χ3v) is 5.13. The first-order chi connectivity index (χ1) is 12.7. The SMILES string of the molecule is CCN(C)c1ccc(CNc2ccccc2CN2CCC(O)CC2)cn1. The monoisotopic (exact) mass is 354 g/mol. The first kappa shape index (κ1) is 18.7. The summed E-state index contributed by atoms with van der Waals surface area (Å²) in [5.41, 5.74) is 3.65. The van der Waals surface area contributed by atoms with E-state index >= 15 is 0 Å². The van der Waals surface area contributed by atoms with Crippen LogP contribution in [0.4, 0.5) is 11.5 Å². The van der Waals surface area contributed by atoms with Gasteiger partial charge in [-0.05, 0) is 43.0 Å². The molecule has 3 rings (SSSR count). The van der Waals surface area contributed by atoms with E-state index in [1.165, 1.54) is 16.8 Å². The van der Waals surface area contributed by atoms with Crippen LogP contribution >= 0.6 is 0 Å². The first-order valence-electron chi connectivity index (χ1n) is 9.54. The molecule has 5 nitrogen and oxygen atoms in total. The lowest BCUT2D eigenvalue weighted by molar-refractivity contribution is 0.0793. The fourth-order valence-electron chi connectivity index (χ4n) is 3.26. The van der Waals surface area contributed by atoms with Crippen LogP contribution < -0.4 is 10.2 Å². The zero-order valence-electron chi connectivity index (χ0n) is 15.9. The van der Waals surface area contributed by atoms with Crippen molar-refractivity contribution in [3.05, 3.63) is 53.7 Å². The van der Waals surface area contributed by atoms with E-state index in [0.717, 1.165) is 51.4 Å². The first-order valence-corrected chi connectivity index (χ1v) is 9.54. The highest BCUT2D eigenvalue weighted by atomic mass is 16.3. The Hall–Kier alpha value is -2.11. The summed E-state index contributed by atoms with van der Waals surface area (Å²) in [5.74, 6) is 1.00. The smallest absolute Gasteiger partial charge is 0.128 e. The molecule has 0 bridgehead atoms. The average Bonchev–Trinajstić information content (AvgIpc) is 2.69. The quantitative estimate of drug-likeness (QED) is 0.800. The Kier molecular flexibility index (Phi) is 6.47. The molecule has 0 amide bonds. The summed E-state index contributed by atoms with van der Waals surface area (Å²) in [4.78, 5) is 9.09. The topological polar surface area (TPSA) is 51.6 Å². The lowest BCUT2D eigenvalue weighted by Crippen LogP contribution is -2.35. The van der Waals surface area contributed by atoms with E-state index in [0.29, 0.717) is 0 Å². The molecular formula is C21H30N4O. The number of para-hydroxylation sites is 1. The number of aromatic nitrogens is 1. The Morgan fingerprint density at radius 2 is 1.96 bits per heavy atom. The van der Waals surface area contributed by atoms with Gasteiger partial charge in [0.05, 0.1) is 6.10 Å². The van der Waals surface area contributed by atoms with Gasteiger partial charge < -0.3 is 15.3 Å². The molecule has 0 saturated carbocycles. The number of hydrogen-bond donors (Lipinski definition) is 2. The number of aliphatic hydroxyl groups excluding tert-OH is 1. The second kappa shape index (κ2) is 9.01. The normalized spacial score (nSPS) is 15.8. The maximum atomic E-state index is 9.68. The summed E-state index contributed by atoms with van der Waals surface area (Å²) >= 11 is 0. The Bertz CT molecular complexity index is 681. The zero-order valence-corrected chi connectivity index (χ0v) is 15.9. The predicted molar refractivity (Wildman–Crippen MR) is 107 cm³/mol. The molecule has 0 aliphatic carbocycles. The zero-order chi connectivity index (χ0) is 18.4. The van der Waals surface area contributed by atoms with Crippen molar-refractivity contribution in [2.45, 2.75) is 39.0 Å². The van der Waals surface area contributed by atoms with Gasteiger partial charge in [0.1, 0.15) is 5.82 Å². The van der Waals surface area contributed by atoms with Crippen molar-refractivity contribution in [3.8, 4) is 0 Å². The highest BCUT2D eigenvalue weighted by molar-refractivity contribution is 5.51. The number of aliphatic hydroxyl groups is 1. The third kappa shape index (κ3) is 4.96. The van der Waals surface area contributed by atoms with Crippen molar-refractivity contribution in [1.82, 2.24) is 9.88 Å². The molecule has 0 atom stereocenters. The summed E-state index contributed by atoms with van der Waals surface area (Å²) in [6.45, 7) is 6.69. The van der Waals surface area contributed by atoms with E-state index < -0.39 is 0 Å². The number of rotatable bonds is 7. The van der Waals surface area contributed by atoms with Crippen LogP contribution in [-0.4, -0.2) is 47.8 Å². The van der Waals surface area contributed by atoms with E-state index in [4.69, 9.17) is 0 Å². The number of nitrogens with zero attached hydrogens (tertiary/aromatic N) is 3. The predicted octanol–water partition coefficient (Wildman–Crippen LogP) is 3.11. The van der Waals surface area contributed by atoms with E-state index in [9.17, 15) is 5.11 Å². The van der Waals surface area contributed by atoms with E-state index in [1.807, 2.05) is 6.20 Å². The molecule has 26 heavy (non-hydrogen) atoms. The molecular weight excluding hydrogens is 324 g/mol.